The van der Waals surface area contributed by atoms with E-state index < -0.39 is 11.6 Å². The Hall–Kier alpha value is -1.36. The molecule has 0 spiro atoms. The zero-order valence-corrected chi connectivity index (χ0v) is 12.6. The second-order valence-corrected chi connectivity index (χ2v) is 5.32. The van der Waals surface area contributed by atoms with E-state index >= 15 is 0 Å². The fourth-order valence-corrected chi connectivity index (χ4v) is 2.54. The molecule has 0 radical (unpaired) electrons. The van der Waals surface area contributed by atoms with Gasteiger partial charge in [0, 0.05) is 12.7 Å². The molecule has 1 aromatic rings. The van der Waals surface area contributed by atoms with Crippen molar-refractivity contribution in [1.29, 1.82) is 0 Å². The Kier molecular flexibility index (Phi) is 5.79. The summed E-state index contributed by atoms with van der Waals surface area (Å²) < 4.78 is 43.4. The van der Waals surface area contributed by atoms with E-state index in [1.54, 1.807) is 0 Å². The molecule has 1 aliphatic rings. The number of halogens is 2. The molecule has 2 rings (SSSR count). The average molecular weight is 300 g/mol. The number of rotatable bonds is 7. The zero-order valence-electron chi connectivity index (χ0n) is 12.6. The molecule has 1 heterocycles. The van der Waals surface area contributed by atoms with E-state index in [0.717, 1.165) is 32.1 Å². The standard InChI is InChI=1S/C16H22F2O3/c1-3-4-5-6-12-8-7-11-9-13(20-10-19-2)14(17)15(18)16(11)21-12/h9,12H,3-8,10H2,1-2H3. The van der Waals surface area contributed by atoms with E-state index in [4.69, 9.17) is 14.2 Å². The lowest BCUT2D eigenvalue weighted by Gasteiger charge is -2.27. The maximum Gasteiger partial charge on any atom is 0.204 e. The van der Waals surface area contributed by atoms with Gasteiger partial charge in [0.05, 0.1) is 6.10 Å². The first-order valence-electron chi connectivity index (χ1n) is 7.46. The minimum absolute atomic E-state index is 0.0244. The van der Waals surface area contributed by atoms with Crippen LogP contribution in [0.25, 0.3) is 0 Å². The third-order valence-corrected chi connectivity index (χ3v) is 3.69. The first-order valence-corrected chi connectivity index (χ1v) is 7.46. The summed E-state index contributed by atoms with van der Waals surface area (Å²) in [6, 6.07) is 1.51. The van der Waals surface area contributed by atoms with Crippen LogP contribution in [0.1, 0.15) is 44.6 Å². The fourth-order valence-electron chi connectivity index (χ4n) is 2.54. The van der Waals surface area contributed by atoms with E-state index in [1.165, 1.54) is 13.2 Å². The summed E-state index contributed by atoms with van der Waals surface area (Å²) in [5.41, 5.74) is 0.659. The number of methoxy groups -OCH3 is 1. The molecule has 118 valence electrons. The molecule has 0 saturated carbocycles. The summed E-state index contributed by atoms with van der Waals surface area (Å²) in [7, 11) is 1.43. The highest BCUT2D eigenvalue weighted by Gasteiger charge is 2.27. The Labute approximate surface area is 124 Å². The molecule has 1 aliphatic heterocycles. The summed E-state index contributed by atoms with van der Waals surface area (Å²) in [5, 5.41) is 0. The van der Waals surface area contributed by atoms with Crippen LogP contribution in [0.15, 0.2) is 6.07 Å². The summed E-state index contributed by atoms with van der Waals surface area (Å²) in [6.45, 7) is 2.02. The number of ether oxygens (including phenoxy) is 3. The molecule has 0 aromatic heterocycles. The van der Waals surface area contributed by atoms with E-state index in [9.17, 15) is 8.78 Å². The van der Waals surface area contributed by atoms with Crippen LogP contribution in [0.4, 0.5) is 8.78 Å². The molecule has 3 nitrogen and oxygen atoms in total. The number of hydrogen-bond acceptors (Lipinski definition) is 3. The van der Waals surface area contributed by atoms with Crippen LogP contribution in [-0.4, -0.2) is 20.0 Å². The molecule has 0 saturated heterocycles. The van der Waals surface area contributed by atoms with Crippen LogP contribution in [0.3, 0.4) is 0 Å². The number of hydrogen-bond donors (Lipinski definition) is 0. The van der Waals surface area contributed by atoms with Crippen molar-refractivity contribution in [3.8, 4) is 11.5 Å². The first-order chi connectivity index (χ1) is 10.2. The maximum absolute atomic E-state index is 14.1. The molecule has 0 aliphatic carbocycles. The van der Waals surface area contributed by atoms with Crippen molar-refractivity contribution in [3.05, 3.63) is 23.3 Å². The largest absolute Gasteiger partial charge is 0.487 e. The highest BCUT2D eigenvalue weighted by molar-refractivity contribution is 5.44. The van der Waals surface area contributed by atoms with Gasteiger partial charge in [-0.25, -0.2) is 0 Å². The predicted octanol–water partition coefficient (Wildman–Crippen LogP) is 4.22. The van der Waals surface area contributed by atoms with Crippen molar-refractivity contribution < 1.29 is 23.0 Å². The third-order valence-electron chi connectivity index (χ3n) is 3.69. The van der Waals surface area contributed by atoms with Crippen molar-refractivity contribution in [2.75, 3.05) is 13.9 Å². The van der Waals surface area contributed by atoms with Crippen LogP contribution >= 0.6 is 0 Å². The lowest BCUT2D eigenvalue weighted by molar-refractivity contribution is 0.0471. The van der Waals surface area contributed by atoms with Gasteiger partial charge in [0.2, 0.25) is 11.6 Å². The van der Waals surface area contributed by atoms with Gasteiger partial charge in [-0.3, -0.25) is 0 Å². The summed E-state index contributed by atoms with van der Waals surface area (Å²) in [5.74, 6) is -2.05. The van der Waals surface area contributed by atoms with E-state index in [2.05, 4.69) is 6.92 Å². The SMILES string of the molecule is CCCCCC1CCc2cc(OCOC)c(F)c(F)c2O1. The van der Waals surface area contributed by atoms with Crippen molar-refractivity contribution in [1.82, 2.24) is 0 Å². The summed E-state index contributed by atoms with van der Waals surface area (Å²) in [6.07, 6.45) is 5.67. The molecule has 1 unspecified atom stereocenters. The molecule has 1 aromatic carbocycles. The third kappa shape index (κ3) is 3.84. The summed E-state index contributed by atoms with van der Waals surface area (Å²) in [4.78, 5) is 0. The van der Waals surface area contributed by atoms with Gasteiger partial charge in [0.1, 0.15) is 0 Å². The average Bonchev–Trinajstić information content (AvgIpc) is 2.50. The van der Waals surface area contributed by atoms with Gasteiger partial charge in [-0.2, -0.15) is 8.78 Å². The Bertz CT molecular complexity index is 477. The molecule has 0 fully saturated rings. The molecular formula is C16H22F2O3. The molecular weight excluding hydrogens is 278 g/mol. The summed E-state index contributed by atoms with van der Waals surface area (Å²) >= 11 is 0. The highest BCUT2D eigenvalue weighted by atomic mass is 19.2. The van der Waals surface area contributed by atoms with Crippen LogP contribution < -0.4 is 9.47 Å². The van der Waals surface area contributed by atoms with Gasteiger partial charge in [-0.1, -0.05) is 19.8 Å². The van der Waals surface area contributed by atoms with Gasteiger partial charge < -0.3 is 14.2 Å². The monoisotopic (exact) mass is 300 g/mol. The van der Waals surface area contributed by atoms with Crippen molar-refractivity contribution in [2.24, 2.45) is 0 Å². The van der Waals surface area contributed by atoms with E-state index in [-0.39, 0.29) is 24.4 Å². The Morgan fingerprint density at radius 3 is 2.81 bits per heavy atom. The minimum atomic E-state index is -1.01. The number of fused-ring (bicyclic) bond motifs is 1. The molecule has 5 heteroatoms. The van der Waals surface area contributed by atoms with Gasteiger partial charge in [0.25, 0.3) is 0 Å². The second-order valence-electron chi connectivity index (χ2n) is 5.32. The van der Waals surface area contributed by atoms with Crippen molar-refractivity contribution >= 4 is 0 Å². The van der Waals surface area contributed by atoms with Crippen molar-refractivity contribution in [3.63, 3.8) is 0 Å². The van der Waals surface area contributed by atoms with E-state index in [0.29, 0.717) is 12.0 Å². The lowest BCUT2D eigenvalue weighted by atomic mass is 9.98. The number of unbranched alkanes of at least 4 members (excludes halogenated alkanes) is 2. The van der Waals surface area contributed by atoms with Crippen molar-refractivity contribution in [2.45, 2.75) is 51.6 Å². The van der Waals surface area contributed by atoms with Crippen LogP contribution in [0.5, 0.6) is 11.5 Å². The number of aryl methyl sites for hydroxylation is 1. The van der Waals surface area contributed by atoms with Crippen LogP contribution in [-0.2, 0) is 11.2 Å². The predicted molar refractivity (Wildman–Crippen MR) is 75.7 cm³/mol. The number of benzene rings is 1. The Balaban J connectivity index is 2.11. The smallest absolute Gasteiger partial charge is 0.204 e. The molecule has 0 N–H and O–H groups in total. The molecule has 1 atom stereocenters. The Morgan fingerprint density at radius 1 is 1.29 bits per heavy atom. The highest BCUT2D eigenvalue weighted by Crippen LogP contribution is 2.37. The topological polar surface area (TPSA) is 27.7 Å². The zero-order chi connectivity index (χ0) is 15.2. The normalized spacial score (nSPS) is 17.2. The van der Waals surface area contributed by atoms with E-state index in [1.807, 2.05) is 0 Å². The lowest BCUT2D eigenvalue weighted by Crippen LogP contribution is -2.24. The minimum Gasteiger partial charge on any atom is -0.487 e. The maximum atomic E-state index is 14.1. The fraction of sp³-hybridized carbons (Fsp3) is 0.625. The van der Waals surface area contributed by atoms with Gasteiger partial charge >= 0.3 is 0 Å². The van der Waals surface area contributed by atoms with Crippen LogP contribution in [0, 0.1) is 11.6 Å². The Morgan fingerprint density at radius 2 is 2.10 bits per heavy atom. The van der Waals surface area contributed by atoms with Gasteiger partial charge in [0.15, 0.2) is 18.3 Å². The molecule has 0 amide bonds. The molecule has 0 bridgehead atoms. The quantitative estimate of drug-likeness (QED) is 0.557. The van der Waals surface area contributed by atoms with Crippen LogP contribution in [0.2, 0.25) is 0 Å². The van der Waals surface area contributed by atoms with Gasteiger partial charge in [-0.15, -0.1) is 0 Å². The van der Waals surface area contributed by atoms with Gasteiger partial charge in [-0.05, 0) is 31.7 Å². The first kappa shape index (κ1) is 16.0. The second kappa shape index (κ2) is 7.59. The molecule has 21 heavy (non-hydrogen) atoms.